The number of aromatic nitrogens is 2. The van der Waals surface area contributed by atoms with Crippen molar-refractivity contribution in [3.05, 3.63) is 48.2 Å². The number of carbonyl (C=O) groups excluding carboxylic acids is 1. The summed E-state index contributed by atoms with van der Waals surface area (Å²) in [5.74, 6) is 0.448. The van der Waals surface area contributed by atoms with Crippen molar-refractivity contribution in [2.24, 2.45) is 0 Å². The van der Waals surface area contributed by atoms with Crippen LogP contribution in [0.15, 0.2) is 36.7 Å². The number of anilines is 2. The Hall–Kier alpha value is -2.70. The zero-order valence-corrected chi connectivity index (χ0v) is 15.9. The first-order valence-corrected chi connectivity index (χ1v) is 9.42. The lowest BCUT2D eigenvalue weighted by atomic mass is 10.2. The van der Waals surface area contributed by atoms with Crippen LogP contribution in [0.5, 0.6) is 0 Å². The molecule has 6 nitrogen and oxygen atoms in total. The number of halogens is 1. The Morgan fingerprint density at radius 1 is 1.11 bits per heavy atom. The Kier molecular flexibility index (Phi) is 6.21. The molecule has 0 N–H and O–H groups in total. The Balaban J connectivity index is 1.59. The van der Waals surface area contributed by atoms with Crippen LogP contribution in [0.4, 0.5) is 15.9 Å². The Morgan fingerprint density at radius 2 is 1.81 bits per heavy atom. The molecule has 0 spiro atoms. The van der Waals surface area contributed by atoms with Gasteiger partial charge in [0.15, 0.2) is 0 Å². The van der Waals surface area contributed by atoms with Crippen LogP contribution in [0.1, 0.15) is 30.3 Å². The quantitative estimate of drug-likeness (QED) is 0.782. The summed E-state index contributed by atoms with van der Waals surface area (Å²) in [6, 6.07) is 6.84. The number of amides is 1. The third kappa shape index (κ3) is 4.53. The van der Waals surface area contributed by atoms with Crippen LogP contribution in [0.3, 0.4) is 0 Å². The van der Waals surface area contributed by atoms with Gasteiger partial charge in [0, 0.05) is 39.8 Å². The fourth-order valence-electron chi connectivity index (χ4n) is 3.17. The highest BCUT2D eigenvalue weighted by molar-refractivity contribution is 5.91. The first-order valence-electron chi connectivity index (χ1n) is 9.42. The van der Waals surface area contributed by atoms with Crippen LogP contribution >= 0.6 is 0 Å². The van der Waals surface area contributed by atoms with Crippen LogP contribution in [0.25, 0.3) is 0 Å². The van der Waals surface area contributed by atoms with Crippen LogP contribution in [0, 0.1) is 5.82 Å². The number of carbonyl (C=O) groups is 1. The van der Waals surface area contributed by atoms with Crippen molar-refractivity contribution in [2.75, 3.05) is 49.6 Å². The molecule has 0 saturated carbocycles. The third-order valence-corrected chi connectivity index (χ3v) is 4.85. The fraction of sp³-hybridized carbons (Fsp3) is 0.450. The van der Waals surface area contributed by atoms with E-state index in [0.717, 1.165) is 38.3 Å². The van der Waals surface area contributed by atoms with Crippen molar-refractivity contribution in [2.45, 2.75) is 19.8 Å². The minimum absolute atomic E-state index is 0.105. The summed E-state index contributed by atoms with van der Waals surface area (Å²) in [6.07, 6.45) is 5.21. The highest BCUT2D eigenvalue weighted by Gasteiger charge is 2.21. The van der Waals surface area contributed by atoms with Gasteiger partial charge in [0.25, 0.3) is 5.91 Å². The van der Waals surface area contributed by atoms with Gasteiger partial charge in [0.2, 0.25) is 0 Å². The molecule has 3 rings (SSSR count). The topological polar surface area (TPSA) is 52.6 Å². The summed E-state index contributed by atoms with van der Waals surface area (Å²) >= 11 is 0. The molecular weight excluding hydrogens is 345 g/mol. The van der Waals surface area contributed by atoms with Gasteiger partial charge in [-0.25, -0.2) is 14.4 Å². The molecule has 1 aliphatic heterocycles. The van der Waals surface area contributed by atoms with Crippen molar-refractivity contribution < 1.29 is 9.18 Å². The number of nitrogens with zero attached hydrogens (tertiary/aromatic N) is 5. The average Bonchev–Trinajstić information content (AvgIpc) is 2.72. The Morgan fingerprint density at radius 3 is 2.44 bits per heavy atom. The van der Waals surface area contributed by atoms with E-state index >= 15 is 0 Å². The van der Waals surface area contributed by atoms with E-state index in [1.165, 1.54) is 6.07 Å². The lowest BCUT2D eigenvalue weighted by Gasteiger charge is -2.36. The second-order valence-electron chi connectivity index (χ2n) is 6.77. The lowest BCUT2D eigenvalue weighted by molar-refractivity contribution is 0.0787. The van der Waals surface area contributed by atoms with Crippen LogP contribution in [0.2, 0.25) is 0 Å². The van der Waals surface area contributed by atoms with Gasteiger partial charge in [0.1, 0.15) is 17.3 Å². The van der Waals surface area contributed by atoms with Gasteiger partial charge in [-0.15, -0.1) is 0 Å². The molecule has 0 unspecified atom stereocenters. The third-order valence-electron chi connectivity index (χ3n) is 4.85. The largest absolute Gasteiger partial charge is 0.366 e. The van der Waals surface area contributed by atoms with E-state index in [2.05, 4.69) is 21.8 Å². The highest BCUT2D eigenvalue weighted by Crippen LogP contribution is 2.21. The molecule has 0 atom stereocenters. The van der Waals surface area contributed by atoms with Crippen molar-refractivity contribution >= 4 is 17.4 Å². The predicted octanol–water partition coefficient (Wildman–Crippen LogP) is 2.81. The first-order chi connectivity index (χ1) is 13.1. The number of rotatable bonds is 6. The monoisotopic (exact) mass is 371 g/mol. The minimum Gasteiger partial charge on any atom is -0.366 e. The van der Waals surface area contributed by atoms with E-state index in [0.29, 0.717) is 24.5 Å². The van der Waals surface area contributed by atoms with Crippen molar-refractivity contribution in [1.29, 1.82) is 0 Å². The summed E-state index contributed by atoms with van der Waals surface area (Å²) < 4.78 is 13.9. The zero-order valence-electron chi connectivity index (χ0n) is 15.9. The Bertz CT molecular complexity index is 759. The first kappa shape index (κ1) is 19.1. The number of piperazine rings is 1. The average molecular weight is 371 g/mol. The number of hydrogen-bond donors (Lipinski definition) is 0. The molecular formula is C20H26FN5O. The zero-order chi connectivity index (χ0) is 19.2. The molecule has 0 bridgehead atoms. The number of hydrogen-bond acceptors (Lipinski definition) is 5. The summed E-state index contributed by atoms with van der Waals surface area (Å²) in [5, 5.41) is 0. The summed E-state index contributed by atoms with van der Waals surface area (Å²) in [6.45, 7) is 5.70. The van der Waals surface area contributed by atoms with Crippen molar-refractivity contribution in [1.82, 2.24) is 14.9 Å². The molecule has 1 amide bonds. The minimum atomic E-state index is -0.194. The van der Waals surface area contributed by atoms with Crippen molar-refractivity contribution in [3.63, 3.8) is 0 Å². The molecule has 27 heavy (non-hydrogen) atoms. The van der Waals surface area contributed by atoms with E-state index in [4.69, 9.17) is 0 Å². The molecule has 144 valence electrons. The molecule has 1 aromatic heterocycles. The number of unbranched alkanes of at least 4 members (excludes halogenated alkanes) is 1. The van der Waals surface area contributed by atoms with Gasteiger partial charge in [-0.3, -0.25) is 4.79 Å². The summed E-state index contributed by atoms with van der Waals surface area (Å²) in [7, 11) is 1.79. The fourth-order valence-corrected chi connectivity index (χ4v) is 3.17. The smallest absolute Gasteiger partial charge is 0.273 e. The lowest BCUT2D eigenvalue weighted by Crippen LogP contribution is -2.47. The summed E-state index contributed by atoms with van der Waals surface area (Å²) in [5.41, 5.74) is 1.00. The standard InChI is InChI=1S/C20H26FN5O/c1-3-4-9-24(2)20(27)17-14-23-19(15-22-17)26-12-10-25(11-13-26)18-8-6-5-7-16(18)21/h5-8,14-15H,3-4,9-13H2,1-2H3. The van der Waals surface area contributed by atoms with Gasteiger partial charge >= 0.3 is 0 Å². The van der Waals surface area contributed by atoms with Gasteiger partial charge in [-0.1, -0.05) is 25.5 Å². The molecule has 0 radical (unpaired) electrons. The SMILES string of the molecule is CCCCN(C)C(=O)c1cnc(N2CCN(c3ccccc3F)CC2)cn1. The molecule has 1 saturated heterocycles. The predicted molar refractivity (Wildman–Crippen MR) is 105 cm³/mol. The normalized spacial score (nSPS) is 14.3. The van der Waals surface area contributed by atoms with E-state index in [1.807, 2.05) is 11.0 Å². The molecule has 2 aromatic rings. The Labute approximate surface area is 159 Å². The second kappa shape index (κ2) is 8.79. The highest BCUT2D eigenvalue weighted by atomic mass is 19.1. The van der Waals surface area contributed by atoms with E-state index in [1.54, 1.807) is 36.5 Å². The van der Waals surface area contributed by atoms with Crippen LogP contribution < -0.4 is 9.80 Å². The maximum atomic E-state index is 13.9. The van der Waals surface area contributed by atoms with Gasteiger partial charge < -0.3 is 14.7 Å². The molecule has 0 aliphatic carbocycles. The molecule has 1 aliphatic rings. The molecule has 1 fully saturated rings. The van der Waals surface area contributed by atoms with E-state index in [9.17, 15) is 9.18 Å². The van der Waals surface area contributed by atoms with Gasteiger partial charge in [-0.05, 0) is 18.6 Å². The summed E-state index contributed by atoms with van der Waals surface area (Å²) in [4.78, 5) is 26.9. The van der Waals surface area contributed by atoms with Gasteiger partial charge in [0.05, 0.1) is 18.1 Å². The second-order valence-corrected chi connectivity index (χ2v) is 6.77. The van der Waals surface area contributed by atoms with E-state index < -0.39 is 0 Å². The van der Waals surface area contributed by atoms with E-state index in [-0.39, 0.29) is 11.7 Å². The van der Waals surface area contributed by atoms with Crippen LogP contribution in [-0.4, -0.2) is 60.5 Å². The van der Waals surface area contributed by atoms with Crippen LogP contribution in [-0.2, 0) is 0 Å². The van der Waals surface area contributed by atoms with Crippen molar-refractivity contribution in [3.8, 4) is 0 Å². The maximum absolute atomic E-state index is 13.9. The number of benzene rings is 1. The molecule has 7 heteroatoms. The number of para-hydroxylation sites is 1. The molecule has 2 heterocycles. The molecule has 1 aromatic carbocycles. The van der Waals surface area contributed by atoms with Gasteiger partial charge in [-0.2, -0.15) is 0 Å². The maximum Gasteiger partial charge on any atom is 0.273 e.